The fourth-order valence-corrected chi connectivity index (χ4v) is 5.40. The van der Waals surface area contributed by atoms with Gasteiger partial charge in [-0.3, -0.25) is 9.10 Å². The van der Waals surface area contributed by atoms with Crippen LogP contribution in [0.15, 0.2) is 53.4 Å². The summed E-state index contributed by atoms with van der Waals surface area (Å²) < 4.78 is 58.4. The summed E-state index contributed by atoms with van der Waals surface area (Å²) in [5, 5.41) is 2.59. The van der Waals surface area contributed by atoms with Crippen LogP contribution in [0.4, 0.5) is 11.4 Å². The van der Waals surface area contributed by atoms with Crippen molar-refractivity contribution in [3.05, 3.63) is 48.5 Å². The predicted molar refractivity (Wildman–Crippen MR) is 120 cm³/mol. The Balaban J connectivity index is 2.40. The number of nitrogens with one attached hydrogen (secondary N) is 2. The highest BCUT2D eigenvalue weighted by atomic mass is 32.2. The van der Waals surface area contributed by atoms with Crippen molar-refractivity contribution < 1.29 is 26.4 Å². The van der Waals surface area contributed by atoms with Gasteiger partial charge in [0.1, 0.15) is 11.8 Å². The molecule has 0 heterocycles. The van der Waals surface area contributed by atoms with Crippen LogP contribution in [0, 0.1) is 0 Å². The number of carbonyl (C=O) groups excluding carboxylic acids is 1. The number of carbonyl (C=O) groups is 1. The number of anilines is 2. The van der Waals surface area contributed by atoms with Crippen LogP contribution in [-0.4, -0.2) is 48.2 Å². The summed E-state index contributed by atoms with van der Waals surface area (Å²) in [6.45, 7) is 4.82. The van der Waals surface area contributed by atoms with Crippen LogP contribution in [0.5, 0.6) is 5.75 Å². The number of para-hydroxylation sites is 1. The first-order valence-electron chi connectivity index (χ1n) is 9.42. The quantitative estimate of drug-likeness (QED) is 0.580. The van der Waals surface area contributed by atoms with Gasteiger partial charge in [0.15, 0.2) is 0 Å². The van der Waals surface area contributed by atoms with Crippen molar-refractivity contribution in [2.24, 2.45) is 0 Å². The predicted octanol–water partition coefficient (Wildman–Crippen LogP) is 2.18. The van der Waals surface area contributed by atoms with Crippen molar-refractivity contribution in [2.45, 2.75) is 37.8 Å². The van der Waals surface area contributed by atoms with E-state index >= 15 is 0 Å². The Kier molecular flexibility index (Phi) is 7.68. The lowest BCUT2D eigenvalue weighted by atomic mass is 10.2. The molecule has 2 N–H and O–H groups in total. The van der Waals surface area contributed by atoms with Gasteiger partial charge >= 0.3 is 0 Å². The van der Waals surface area contributed by atoms with Crippen molar-refractivity contribution in [1.29, 1.82) is 0 Å². The van der Waals surface area contributed by atoms with Crippen LogP contribution in [0.3, 0.4) is 0 Å². The van der Waals surface area contributed by atoms with E-state index in [9.17, 15) is 21.6 Å². The highest BCUT2D eigenvalue weighted by molar-refractivity contribution is 7.92. The van der Waals surface area contributed by atoms with Crippen molar-refractivity contribution in [3.8, 4) is 5.75 Å². The zero-order valence-corrected chi connectivity index (χ0v) is 19.6. The molecule has 0 spiro atoms. The second kappa shape index (κ2) is 9.67. The molecule has 11 heteroatoms. The Hall–Kier alpha value is -2.63. The lowest BCUT2D eigenvalue weighted by Gasteiger charge is -2.28. The van der Waals surface area contributed by atoms with E-state index in [0.717, 1.165) is 10.6 Å². The van der Waals surface area contributed by atoms with Gasteiger partial charge in [0.25, 0.3) is 0 Å². The van der Waals surface area contributed by atoms with E-state index in [-0.39, 0.29) is 22.4 Å². The summed E-state index contributed by atoms with van der Waals surface area (Å²) in [5.41, 5.74) is 0.435. The molecule has 0 unspecified atom stereocenters. The molecule has 0 bridgehead atoms. The van der Waals surface area contributed by atoms with Crippen LogP contribution in [-0.2, 0) is 24.8 Å². The second-order valence-electron chi connectivity index (χ2n) is 7.20. The molecule has 170 valence electrons. The molecule has 0 radical (unpaired) electrons. The lowest BCUT2D eigenvalue weighted by Crippen LogP contribution is -2.45. The summed E-state index contributed by atoms with van der Waals surface area (Å²) in [6.07, 6.45) is 1.01. The monoisotopic (exact) mass is 469 g/mol. The van der Waals surface area contributed by atoms with Gasteiger partial charge in [0, 0.05) is 6.04 Å². The van der Waals surface area contributed by atoms with Gasteiger partial charge in [-0.15, -0.1) is 0 Å². The topological polar surface area (TPSA) is 122 Å². The van der Waals surface area contributed by atoms with Gasteiger partial charge in [0.05, 0.1) is 29.6 Å². The van der Waals surface area contributed by atoms with E-state index in [2.05, 4.69) is 10.0 Å². The Morgan fingerprint density at radius 3 is 2.13 bits per heavy atom. The first-order chi connectivity index (χ1) is 14.4. The molecular formula is C20H27N3O6S2. The van der Waals surface area contributed by atoms with Gasteiger partial charge < -0.3 is 10.1 Å². The summed E-state index contributed by atoms with van der Waals surface area (Å²) in [4.78, 5) is 12.9. The van der Waals surface area contributed by atoms with Crippen LogP contribution in [0.1, 0.15) is 20.8 Å². The molecule has 0 aromatic heterocycles. The summed E-state index contributed by atoms with van der Waals surface area (Å²) >= 11 is 0. The Labute approximate surface area is 183 Å². The SMILES string of the molecule is COc1ccc(S(=O)(=O)NC(C)C)cc1NC(=O)[C@H](C)N(c1ccccc1)S(C)(=O)=O. The first kappa shape index (κ1) is 24.6. The minimum Gasteiger partial charge on any atom is -0.495 e. The van der Waals surface area contributed by atoms with E-state index in [1.807, 2.05) is 0 Å². The van der Waals surface area contributed by atoms with Crippen molar-refractivity contribution in [2.75, 3.05) is 23.0 Å². The molecule has 0 saturated heterocycles. The average Bonchev–Trinajstić information content (AvgIpc) is 2.66. The largest absolute Gasteiger partial charge is 0.495 e. The molecule has 1 atom stereocenters. The molecule has 0 saturated carbocycles. The maximum absolute atomic E-state index is 12.9. The number of ether oxygens (including phenoxy) is 1. The van der Waals surface area contributed by atoms with Crippen LogP contribution in [0.25, 0.3) is 0 Å². The van der Waals surface area contributed by atoms with E-state index in [0.29, 0.717) is 5.69 Å². The highest BCUT2D eigenvalue weighted by Gasteiger charge is 2.30. The van der Waals surface area contributed by atoms with Gasteiger partial charge in [0.2, 0.25) is 26.0 Å². The Morgan fingerprint density at radius 2 is 1.61 bits per heavy atom. The van der Waals surface area contributed by atoms with Gasteiger partial charge in [-0.2, -0.15) is 0 Å². The molecule has 0 aliphatic heterocycles. The number of amides is 1. The van der Waals surface area contributed by atoms with Crippen LogP contribution < -0.4 is 19.1 Å². The Bertz CT molecular complexity index is 1130. The lowest BCUT2D eigenvalue weighted by molar-refractivity contribution is -0.116. The van der Waals surface area contributed by atoms with E-state index < -0.39 is 32.0 Å². The van der Waals surface area contributed by atoms with E-state index in [1.165, 1.54) is 32.2 Å². The molecular weight excluding hydrogens is 442 g/mol. The molecule has 0 aliphatic rings. The van der Waals surface area contributed by atoms with Gasteiger partial charge in [-0.25, -0.2) is 21.6 Å². The molecule has 2 aromatic rings. The number of hydrogen-bond acceptors (Lipinski definition) is 6. The zero-order valence-electron chi connectivity index (χ0n) is 18.0. The van der Waals surface area contributed by atoms with E-state index in [4.69, 9.17) is 4.74 Å². The summed E-state index contributed by atoms with van der Waals surface area (Å²) in [5.74, 6) is -0.423. The van der Waals surface area contributed by atoms with Gasteiger partial charge in [-0.05, 0) is 51.1 Å². The number of methoxy groups -OCH3 is 1. The minimum atomic E-state index is -3.81. The normalized spacial score (nSPS) is 13.0. The zero-order chi connectivity index (χ0) is 23.4. The third-order valence-electron chi connectivity index (χ3n) is 4.23. The number of nitrogens with zero attached hydrogens (tertiary/aromatic N) is 1. The number of rotatable bonds is 9. The van der Waals surface area contributed by atoms with E-state index in [1.54, 1.807) is 44.2 Å². The Morgan fingerprint density at radius 1 is 1.00 bits per heavy atom. The van der Waals surface area contributed by atoms with Crippen molar-refractivity contribution >= 4 is 37.3 Å². The fraction of sp³-hybridized carbons (Fsp3) is 0.350. The fourth-order valence-electron chi connectivity index (χ4n) is 2.95. The number of sulfonamides is 2. The standard InChI is InChI=1S/C20H27N3O6S2/c1-14(2)22-31(27,28)17-11-12-19(29-4)18(13-17)21-20(24)15(3)23(30(5,25)26)16-9-7-6-8-10-16/h6-15,22H,1-5H3,(H,21,24)/t15-/m0/s1. The van der Waals surface area contributed by atoms with Crippen molar-refractivity contribution in [3.63, 3.8) is 0 Å². The first-order valence-corrected chi connectivity index (χ1v) is 12.8. The third-order valence-corrected chi connectivity index (χ3v) is 7.13. The minimum absolute atomic E-state index is 0.0621. The molecule has 2 rings (SSSR count). The van der Waals surface area contributed by atoms with Crippen LogP contribution in [0.2, 0.25) is 0 Å². The molecule has 0 aliphatic carbocycles. The van der Waals surface area contributed by atoms with Crippen molar-refractivity contribution in [1.82, 2.24) is 4.72 Å². The molecule has 9 nitrogen and oxygen atoms in total. The summed E-state index contributed by atoms with van der Waals surface area (Å²) in [7, 11) is -6.21. The number of benzene rings is 2. The smallest absolute Gasteiger partial charge is 0.248 e. The van der Waals surface area contributed by atoms with Crippen LogP contribution >= 0.6 is 0 Å². The maximum atomic E-state index is 12.9. The molecule has 1 amide bonds. The molecule has 0 fully saturated rings. The second-order valence-corrected chi connectivity index (χ2v) is 10.8. The number of hydrogen-bond donors (Lipinski definition) is 2. The maximum Gasteiger partial charge on any atom is 0.248 e. The molecule has 31 heavy (non-hydrogen) atoms. The third kappa shape index (κ3) is 6.18. The highest BCUT2D eigenvalue weighted by Crippen LogP contribution is 2.29. The van der Waals surface area contributed by atoms with Gasteiger partial charge in [-0.1, -0.05) is 18.2 Å². The molecule has 2 aromatic carbocycles. The average molecular weight is 470 g/mol. The summed E-state index contributed by atoms with van der Waals surface area (Å²) in [6, 6.07) is 10.8.